The van der Waals surface area contributed by atoms with Gasteiger partial charge in [-0.3, -0.25) is 15.1 Å². The molecule has 8 nitrogen and oxygen atoms in total. The fraction of sp³-hybridized carbons (Fsp3) is 0.667. The smallest absolute Gasteiger partial charge is 0.397 e. The molecule has 0 spiro atoms. The second-order valence-corrected chi connectivity index (χ2v) is 3.36. The summed E-state index contributed by atoms with van der Waals surface area (Å²) in [4.78, 5) is 22.2. The number of amides is 1. The van der Waals surface area contributed by atoms with Crippen molar-refractivity contribution >= 4 is 17.8 Å². The van der Waals surface area contributed by atoms with Crippen molar-refractivity contribution in [2.24, 2.45) is 10.8 Å². The Kier molecular flexibility index (Phi) is 5.21. The van der Waals surface area contributed by atoms with Crippen molar-refractivity contribution in [3.8, 4) is 0 Å². The largest absolute Gasteiger partial charge is 0.459 e. The summed E-state index contributed by atoms with van der Waals surface area (Å²) in [7, 11) is 0. The van der Waals surface area contributed by atoms with E-state index >= 15 is 0 Å². The minimum atomic E-state index is -0.967. The molecule has 0 unspecified atom stereocenters. The average Bonchev–Trinajstić information content (AvgIpc) is 2.30. The molecule has 0 radical (unpaired) electrons. The third-order valence-corrected chi connectivity index (χ3v) is 2.04. The first-order valence-corrected chi connectivity index (χ1v) is 5.41. The monoisotopic (exact) mass is 243 g/mol. The van der Waals surface area contributed by atoms with Gasteiger partial charge in [0.1, 0.15) is 0 Å². The molecule has 1 amide bonds. The number of nitrogens with one attached hydrogen (secondary N) is 2. The summed E-state index contributed by atoms with van der Waals surface area (Å²) >= 11 is 0. The minimum absolute atomic E-state index is 0.107. The van der Waals surface area contributed by atoms with Gasteiger partial charge in [-0.05, 0) is 6.92 Å². The third kappa shape index (κ3) is 4.68. The van der Waals surface area contributed by atoms with Gasteiger partial charge in [0.05, 0.1) is 6.61 Å². The number of hydrazone groups is 1. The Labute approximate surface area is 99.2 Å². The number of carbonyl (C=O) groups excluding carboxylic acids is 2. The number of esters is 1. The lowest BCUT2D eigenvalue weighted by Crippen LogP contribution is -2.46. The van der Waals surface area contributed by atoms with Crippen LogP contribution >= 0.6 is 0 Å². The van der Waals surface area contributed by atoms with Crippen LogP contribution in [0.4, 0.5) is 0 Å². The fourth-order valence-corrected chi connectivity index (χ4v) is 1.29. The minimum Gasteiger partial charge on any atom is -0.459 e. The van der Waals surface area contributed by atoms with Gasteiger partial charge < -0.3 is 15.8 Å². The van der Waals surface area contributed by atoms with E-state index in [2.05, 4.69) is 20.5 Å². The zero-order chi connectivity index (χ0) is 12.7. The first-order valence-electron chi connectivity index (χ1n) is 5.41. The van der Waals surface area contributed by atoms with Crippen LogP contribution in [-0.2, 0) is 14.3 Å². The Bertz CT molecular complexity index is 312. The SMILES string of the molecule is CCOC(=O)C(=O)NC(N)=NN1CCNCC1. The van der Waals surface area contributed by atoms with E-state index in [0.717, 1.165) is 13.1 Å². The van der Waals surface area contributed by atoms with Crippen molar-refractivity contribution in [3.05, 3.63) is 0 Å². The van der Waals surface area contributed by atoms with Crippen molar-refractivity contribution in [2.45, 2.75) is 6.92 Å². The number of guanidine groups is 1. The van der Waals surface area contributed by atoms with Gasteiger partial charge in [-0.25, -0.2) is 4.79 Å². The second kappa shape index (κ2) is 6.69. The van der Waals surface area contributed by atoms with Gasteiger partial charge >= 0.3 is 11.9 Å². The van der Waals surface area contributed by atoms with Crippen molar-refractivity contribution in [2.75, 3.05) is 32.8 Å². The highest BCUT2D eigenvalue weighted by atomic mass is 16.5. The van der Waals surface area contributed by atoms with Crippen LogP contribution in [0.5, 0.6) is 0 Å². The fourth-order valence-electron chi connectivity index (χ4n) is 1.29. The van der Waals surface area contributed by atoms with E-state index in [9.17, 15) is 9.59 Å². The molecule has 8 heteroatoms. The van der Waals surface area contributed by atoms with Crippen molar-refractivity contribution in [1.29, 1.82) is 0 Å². The first kappa shape index (κ1) is 13.2. The molecule has 0 saturated carbocycles. The molecule has 1 rings (SSSR count). The molecule has 17 heavy (non-hydrogen) atoms. The summed E-state index contributed by atoms with van der Waals surface area (Å²) in [5.74, 6) is -1.99. The van der Waals surface area contributed by atoms with Gasteiger partial charge in [-0.1, -0.05) is 0 Å². The number of nitrogens with zero attached hydrogens (tertiary/aromatic N) is 2. The summed E-state index contributed by atoms with van der Waals surface area (Å²) < 4.78 is 4.51. The number of hydrogen-bond donors (Lipinski definition) is 3. The standard InChI is InChI=1S/C9H17N5O3/c1-2-17-8(16)7(15)12-9(10)13-14-5-3-11-4-6-14/h11H,2-6H2,1H3,(H3,10,12,13,15). The predicted molar refractivity (Wildman–Crippen MR) is 60.8 cm³/mol. The van der Waals surface area contributed by atoms with Crippen molar-refractivity contribution in [3.63, 3.8) is 0 Å². The Morgan fingerprint density at radius 1 is 1.47 bits per heavy atom. The topological polar surface area (TPSA) is 109 Å². The molecule has 0 atom stereocenters. The van der Waals surface area contributed by atoms with Crippen LogP contribution < -0.4 is 16.4 Å². The van der Waals surface area contributed by atoms with Gasteiger partial charge in [-0.2, -0.15) is 0 Å². The molecule has 1 aliphatic heterocycles. The highest BCUT2D eigenvalue weighted by Gasteiger charge is 2.16. The Morgan fingerprint density at radius 3 is 2.71 bits per heavy atom. The maximum Gasteiger partial charge on any atom is 0.397 e. The summed E-state index contributed by atoms with van der Waals surface area (Å²) in [6.45, 7) is 4.78. The Hall–Kier alpha value is -1.83. The predicted octanol–water partition coefficient (Wildman–Crippen LogP) is -2.20. The number of carbonyl (C=O) groups is 2. The number of piperazine rings is 1. The van der Waals surface area contributed by atoms with Crippen LogP contribution in [-0.4, -0.2) is 55.6 Å². The molecule has 0 aliphatic carbocycles. The third-order valence-electron chi connectivity index (χ3n) is 2.04. The van der Waals surface area contributed by atoms with Crippen LogP contribution in [0, 0.1) is 0 Å². The molecule has 96 valence electrons. The van der Waals surface area contributed by atoms with E-state index in [1.807, 2.05) is 0 Å². The zero-order valence-corrected chi connectivity index (χ0v) is 9.73. The molecule has 1 heterocycles. The lowest BCUT2D eigenvalue weighted by Gasteiger charge is -2.24. The van der Waals surface area contributed by atoms with E-state index in [-0.39, 0.29) is 12.6 Å². The van der Waals surface area contributed by atoms with Crippen LogP contribution in [0.1, 0.15) is 6.92 Å². The summed E-state index contributed by atoms with van der Waals surface area (Å²) in [6.07, 6.45) is 0. The number of nitrogens with two attached hydrogens (primary N) is 1. The van der Waals surface area contributed by atoms with Crippen LogP contribution in [0.15, 0.2) is 5.10 Å². The number of rotatable bonds is 2. The van der Waals surface area contributed by atoms with Gasteiger partial charge in [0.15, 0.2) is 0 Å². The molecule has 0 aromatic heterocycles. The summed E-state index contributed by atoms with van der Waals surface area (Å²) in [5.41, 5.74) is 5.49. The van der Waals surface area contributed by atoms with Crippen LogP contribution in [0.2, 0.25) is 0 Å². The van der Waals surface area contributed by atoms with Gasteiger partial charge in [0.2, 0.25) is 5.96 Å². The Balaban J connectivity index is 2.41. The molecule has 4 N–H and O–H groups in total. The lowest BCUT2D eigenvalue weighted by molar-refractivity contribution is -0.153. The van der Waals surface area contributed by atoms with Crippen molar-refractivity contribution < 1.29 is 14.3 Å². The van der Waals surface area contributed by atoms with E-state index in [1.54, 1.807) is 11.9 Å². The van der Waals surface area contributed by atoms with E-state index < -0.39 is 11.9 Å². The zero-order valence-electron chi connectivity index (χ0n) is 9.73. The molecule has 1 aliphatic rings. The Morgan fingerprint density at radius 2 is 2.12 bits per heavy atom. The molecule has 0 aromatic rings. The maximum atomic E-state index is 11.2. The molecule has 0 aromatic carbocycles. The highest BCUT2D eigenvalue weighted by Crippen LogP contribution is 1.91. The molecule has 1 saturated heterocycles. The van der Waals surface area contributed by atoms with Gasteiger partial charge in [0.25, 0.3) is 0 Å². The van der Waals surface area contributed by atoms with E-state index in [1.165, 1.54) is 0 Å². The van der Waals surface area contributed by atoms with Gasteiger partial charge in [0, 0.05) is 26.2 Å². The van der Waals surface area contributed by atoms with E-state index in [0.29, 0.717) is 13.1 Å². The van der Waals surface area contributed by atoms with Gasteiger partial charge in [-0.15, -0.1) is 5.10 Å². The average molecular weight is 243 g/mol. The first-order chi connectivity index (χ1) is 8.13. The van der Waals surface area contributed by atoms with Crippen molar-refractivity contribution in [1.82, 2.24) is 15.6 Å². The second-order valence-electron chi connectivity index (χ2n) is 3.36. The normalized spacial score (nSPS) is 16.5. The van der Waals surface area contributed by atoms with Crippen LogP contribution in [0.3, 0.4) is 0 Å². The quantitative estimate of drug-likeness (QED) is 0.220. The molecular weight excluding hydrogens is 226 g/mol. The van der Waals surface area contributed by atoms with E-state index in [4.69, 9.17) is 5.73 Å². The molecule has 0 bridgehead atoms. The summed E-state index contributed by atoms with van der Waals surface area (Å²) in [6, 6.07) is 0. The maximum absolute atomic E-state index is 11.2. The highest BCUT2D eigenvalue weighted by molar-refractivity contribution is 6.35. The van der Waals surface area contributed by atoms with Crippen LogP contribution in [0.25, 0.3) is 0 Å². The molecular formula is C9H17N5O3. The lowest BCUT2D eigenvalue weighted by atomic mass is 10.4. The summed E-state index contributed by atoms with van der Waals surface area (Å²) in [5, 5.41) is 11.0. The molecule has 1 fully saturated rings. The number of ether oxygens (including phenoxy) is 1. The number of hydrogen-bond acceptors (Lipinski definition) is 6.